The summed E-state index contributed by atoms with van der Waals surface area (Å²) in [7, 11) is 0. The third kappa shape index (κ3) is 3.21. The first kappa shape index (κ1) is 18.1. The standard InChI is InChI=1S/C19H11N3O4S2/c23-15-8-11(5-6-12(15)18(25)26)22-17(24)16(28-19(22)27)7-10-9-20-13-3-1-2-4-14(13)21-10/h1-9,23H,(H,25,26)/b16-7+. The highest BCUT2D eigenvalue weighted by molar-refractivity contribution is 8.27. The topological polar surface area (TPSA) is 104 Å². The average molecular weight is 409 g/mol. The van der Waals surface area contributed by atoms with Gasteiger partial charge >= 0.3 is 5.97 Å². The maximum absolute atomic E-state index is 12.8. The first-order valence-corrected chi connectivity index (χ1v) is 9.22. The minimum Gasteiger partial charge on any atom is -0.507 e. The van der Waals surface area contributed by atoms with Gasteiger partial charge in [0.1, 0.15) is 11.3 Å². The molecule has 9 heteroatoms. The first-order valence-electron chi connectivity index (χ1n) is 8.00. The molecule has 0 radical (unpaired) electrons. The van der Waals surface area contributed by atoms with Gasteiger partial charge in [-0.2, -0.15) is 0 Å². The van der Waals surface area contributed by atoms with Gasteiger partial charge in [-0.15, -0.1) is 0 Å². The number of anilines is 1. The zero-order valence-corrected chi connectivity index (χ0v) is 15.7. The predicted molar refractivity (Wildman–Crippen MR) is 110 cm³/mol. The number of phenols is 1. The third-order valence-electron chi connectivity index (χ3n) is 4.01. The van der Waals surface area contributed by atoms with Gasteiger partial charge in [0.05, 0.1) is 33.5 Å². The maximum Gasteiger partial charge on any atom is 0.339 e. The van der Waals surface area contributed by atoms with Crippen LogP contribution in [0.5, 0.6) is 5.75 Å². The van der Waals surface area contributed by atoms with E-state index in [0.29, 0.717) is 16.1 Å². The number of aromatic nitrogens is 2. The lowest BCUT2D eigenvalue weighted by Crippen LogP contribution is -2.27. The average Bonchev–Trinajstić information content (AvgIpc) is 2.94. The number of hydrogen-bond acceptors (Lipinski definition) is 7. The Bertz CT molecular complexity index is 1190. The number of carbonyl (C=O) groups is 2. The molecule has 0 spiro atoms. The number of thioether (sulfide) groups is 1. The van der Waals surface area contributed by atoms with Crippen molar-refractivity contribution < 1.29 is 19.8 Å². The Morgan fingerprint density at radius 2 is 1.93 bits per heavy atom. The number of carbonyl (C=O) groups excluding carboxylic acids is 1. The minimum absolute atomic E-state index is 0.254. The lowest BCUT2D eigenvalue weighted by atomic mass is 10.1. The number of aromatic hydroxyl groups is 1. The Kier molecular flexibility index (Phi) is 4.54. The van der Waals surface area contributed by atoms with Crippen LogP contribution >= 0.6 is 24.0 Å². The number of para-hydroxylation sites is 2. The number of hydrogen-bond donors (Lipinski definition) is 2. The second kappa shape index (κ2) is 7.02. The van der Waals surface area contributed by atoms with Crippen molar-refractivity contribution in [3.8, 4) is 5.75 Å². The zero-order chi connectivity index (χ0) is 19.8. The van der Waals surface area contributed by atoms with E-state index in [1.165, 1.54) is 23.1 Å². The molecule has 28 heavy (non-hydrogen) atoms. The highest BCUT2D eigenvalue weighted by Gasteiger charge is 2.34. The van der Waals surface area contributed by atoms with Gasteiger partial charge < -0.3 is 10.2 Å². The number of thiocarbonyl (C=S) groups is 1. The van der Waals surface area contributed by atoms with Gasteiger partial charge in [-0.1, -0.05) is 36.1 Å². The van der Waals surface area contributed by atoms with Gasteiger partial charge in [0, 0.05) is 6.07 Å². The van der Waals surface area contributed by atoms with E-state index < -0.39 is 11.7 Å². The summed E-state index contributed by atoms with van der Waals surface area (Å²) in [4.78, 5) is 34.2. The molecule has 4 rings (SSSR count). The lowest BCUT2D eigenvalue weighted by molar-refractivity contribution is -0.113. The van der Waals surface area contributed by atoms with Crippen molar-refractivity contribution in [2.45, 2.75) is 0 Å². The summed E-state index contributed by atoms with van der Waals surface area (Å²) >= 11 is 6.39. The van der Waals surface area contributed by atoms with Gasteiger partial charge in [0.2, 0.25) is 0 Å². The monoisotopic (exact) mass is 409 g/mol. The molecule has 0 atom stereocenters. The molecule has 1 amide bonds. The maximum atomic E-state index is 12.8. The van der Waals surface area contributed by atoms with Crippen LogP contribution in [0.2, 0.25) is 0 Å². The first-order chi connectivity index (χ1) is 13.4. The highest BCUT2D eigenvalue weighted by Crippen LogP contribution is 2.37. The van der Waals surface area contributed by atoms with Crippen molar-refractivity contribution in [2.75, 3.05) is 4.90 Å². The number of aromatic carboxylic acids is 1. The molecule has 1 saturated heterocycles. The van der Waals surface area contributed by atoms with Crippen molar-refractivity contribution in [1.82, 2.24) is 9.97 Å². The molecular formula is C19H11N3O4S2. The van der Waals surface area contributed by atoms with Gasteiger partial charge in [-0.25, -0.2) is 9.78 Å². The van der Waals surface area contributed by atoms with Crippen molar-refractivity contribution in [3.05, 3.63) is 64.8 Å². The lowest BCUT2D eigenvalue weighted by Gasteiger charge is -2.15. The second-order valence-electron chi connectivity index (χ2n) is 5.81. The molecule has 3 aromatic rings. The fourth-order valence-electron chi connectivity index (χ4n) is 2.71. The summed E-state index contributed by atoms with van der Waals surface area (Å²) in [5, 5.41) is 18.9. The Hall–Kier alpha value is -3.30. The molecule has 1 aromatic heterocycles. The van der Waals surface area contributed by atoms with E-state index in [2.05, 4.69) is 9.97 Å². The van der Waals surface area contributed by atoms with E-state index in [9.17, 15) is 14.7 Å². The molecule has 0 unspecified atom stereocenters. The van der Waals surface area contributed by atoms with Crippen LogP contribution in [0, 0.1) is 0 Å². The molecule has 0 bridgehead atoms. The summed E-state index contributed by atoms with van der Waals surface area (Å²) in [5.74, 6) is -2.08. The highest BCUT2D eigenvalue weighted by atomic mass is 32.2. The molecule has 1 aliphatic heterocycles. The molecule has 0 saturated carbocycles. The Morgan fingerprint density at radius 3 is 2.64 bits per heavy atom. The normalized spacial score (nSPS) is 15.6. The largest absolute Gasteiger partial charge is 0.507 e. The smallest absolute Gasteiger partial charge is 0.339 e. The quantitative estimate of drug-likeness (QED) is 0.501. The van der Waals surface area contributed by atoms with Crippen molar-refractivity contribution in [3.63, 3.8) is 0 Å². The van der Waals surface area contributed by atoms with Crippen LogP contribution in [0.15, 0.2) is 53.6 Å². The van der Waals surface area contributed by atoms with E-state index in [-0.39, 0.29) is 21.5 Å². The minimum atomic E-state index is -1.26. The number of carboxylic acids is 1. The summed E-state index contributed by atoms with van der Waals surface area (Å²) < 4.78 is 0.271. The zero-order valence-electron chi connectivity index (χ0n) is 14.1. The Morgan fingerprint density at radius 1 is 1.18 bits per heavy atom. The van der Waals surface area contributed by atoms with E-state index >= 15 is 0 Å². The Balaban J connectivity index is 1.67. The van der Waals surface area contributed by atoms with Gasteiger partial charge in [0.15, 0.2) is 4.32 Å². The number of amides is 1. The fourth-order valence-corrected chi connectivity index (χ4v) is 3.99. The van der Waals surface area contributed by atoms with Crippen LogP contribution in [0.3, 0.4) is 0 Å². The number of fused-ring (bicyclic) bond motifs is 1. The second-order valence-corrected chi connectivity index (χ2v) is 7.48. The van der Waals surface area contributed by atoms with E-state index in [1.807, 2.05) is 24.3 Å². The fraction of sp³-hybridized carbons (Fsp3) is 0. The van der Waals surface area contributed by atoms with Crippen LogP contribution in [0.25, 0.3) is 17.1 Å². The molecular weight excluding hydrogens is 398 g/mol. The summed E-state index contributed by atoms with van der Waals surface area (Å²) in [6, 6.07) is 11.3. The number of nitrogens with zero attached hydrogens (tertiary/aromatic N) is 3. The predicted octanol–water partition coefficient (Wildman–Crippen LogP) is 3.44. The van der Waals surface area contributed by atoms with Gasteiger partial charge in [-0.3, -0.25) is 14.7 Å². The van der Waals surface area contributed by atoms with E-state index in [1.54, 1.807) is 12.3 Å². The summed E-state index contributed by atoms with van der Waals surface area (Å²) in [5.41, 5.74) is 2.01. The van der Waals surface area contributed by atoms with Crippen molar-refractivity contribution in [1.29, 1.82) is 0 Å². The van der Waals surface area contributed by atoms with E-state index in [0.717, 1.165) is 17.3 Å². The van der Waals surface area contributed by atoms with Crippen LogP contribution in [-0.2, 0) is 4.79 Å². The number of carboxylic acid groups (broad SMARTS) is 1. The third-order valence-corrected chi connectivity index (χ3v) is 5.31. The molecule has 138 valence electrons. The summed E-state index contributed by atoms with van der Waals surface area (Å²) in [6.45, 7) is 0. The molecule has 2 N–H and O–H groups in total. The molecule has 7 nitrogen and oxygen atoms in total. The molecule has 0 aliphatic carbocycles. The molecule has 2 aromatic carbocycles. The SMILES string of the molecule is O=C(O)c1ccc(N2C(=O)/C(=C\c3cnc4ccccc4n3)SC2=S)cc1O. The Labute approximate surface area is 168 Å². The molecule has 2 heterocycles. The van der Waals surface area contributed by atoms with Crippen LogP contribution in [-0.4, -0.2) is 36.4 Å². The van der Waals surface area contributed by atoms with Crippen LogP contribution in [0.1, 0.15) is 16.1 Å². The van der Waals surface area contributed by atoms with Crippen LogP contribution in [0.4, 0.5) is 5.69 Å². The number of rotatable bonds is 3. The van der Waals surface area contributed by atoms with Gasteiger partial charge in [-0.05, 0) is 30.3 Å². The van der Waals surface area contributed by atoms with Gasteiger partial charge in [0.25, 0.3) is 5.91 Å². The van der Waals surface area contributed by atoms with Crippen LogP contribution < -0.4 is 4.90 Å². The summed E-state index contributed by atoms with van der Waals surface area (Å²) in [6.07, 6.45) is 3.17. The van der Waals surface area contributed by atoms with Crippen molar-refractivity contribution >= 4 is 63.0 Å². The van der Waals surface area contributed by atoms with E-state index in [4.69, 9.17) is 17.3 Å². The molecule has 1 aliphatic rings. The molecule has 1 fully saturated rings. The van der Waals surface area contributed by atoms with Crippen molar-refractivity contribution in [2.24, 2.45) is 0 Å². The number of benzene rings is 2.